The summed E-state index contributed by atoms with van der Waals surface area (Å²) in [6.07, 6.45) is -4.47. The van der Waals surface area contributed by atoms with Gasteiger partial charge in [0.25, 0.3) is 11.8 Å². The molecular weight excluding hydrogens is 651 g/mol. The third kappa shape index (κ3) is 4.92. The van der Waals surface area contributed by atoms with Crippen LogP contribution in [0.5, 0.6) is 0 Å². The molecule has 0 unspecified atom stereocenters. The first-order valence-corrected chi connectivity index (χ1v) is 14.8. The number of carbonyl (C=O) groups excluding carboxylic acids is 1. The van der Waals surface area contributed by atoms with Crippen LogP contribution in [-0.4, -0.2) is 35.0 Å². The second-order valence-electron chi connectivity index (χ2n) is 9.82. The van der Waals surface area contributed by atoms with Crippen molar-refractivity contribution in [3.8, 4) is 0 Å². The van der Waals surface area contributed by atoms with E-state index >= 15 is 0 Å². The molecule has 4 heterocycles. The SMILES string of the molecule is O=C(c1cnc(C(F)(F)F)nc1)N(Cc1ccc2c3c(c(Br)nc2c1)COC3)c1cccc2c1S(=O)(=O)CCC2(F)F. The van der Waals surface area contributed by atoms with E-state index in [1.165, 1.54) is 12.1 Å². The lowest BCUT2D eigenvalue weighted by molar-refractivity contribution is -0.145. The Morgan fingerprint density at radius 3 is 2.50 bits per heavy atom. The van der Waals surface area contributed by atoms with E-state index < -0.39 is 61.9 Å². The smallest absolute Gasteiger partial charge is 0.372 e. The molecule has 0 radical (unpaired) electrons. The molecule has 0 saturated heterocycles. The number of halogens is 6. The number of fused-ring (bicyclic) bond motifs is 4. The maximum absolute atomic E-state index is 14.9. The highest BCUT2D eigenvalue weighted by Crippen LogP contribution is 2.45. The molecule has 0 spiro atoms. The van der Waals surface area contributed by atoms with Gasteiger partial charge in [0.1, 0.15) is 4.60 Å². The van der Waals surface area contributed by atoms with Gasteiger partial charge in [0.2, 0.25) is 5.82 Å². The molecule has 0 atom stereocenters. The number of carbonyl (C=O) groups is 1. The summed E-state index contributed by atoms with van der Waals surface area (Å²) in [5.74, 6) is -6.80. The van der Waals surface area contributed by atoms with E-state index in [0.29, 0.717) is 41.3 Å². The molecular formula is C27H18BrF5N4O4S. The van der Waals surface area contributed by atoms with Crippen LogP contribution >= 0.6 is 15.9 Å². The lowest BCUT2D eigenvalue weighted by atomic mass is 10.0. The number of alkyl halides is 5. The summed E-state index contributed by atoms with van der Waals surface area (Å²) in [5.41, 5.74) is 1.30. The fourth-order valence-corrected chi connectivity index (χ4v) is 7.41. The van der Waals surface area contributed by atoms with Gasteiger partial charge in [-0.25, -0.2) is 32.2 Å². The quantitative estimate of drug-likeness (QED) is 0.196. The van der Waals surface area contributed by atoms with Crippen LogP contribution in [0.3, 0.4) is 0 Å². The van der Waals surface area contributed by atoms with Crippen LogP contribution in [0.4, 0.5) is 27.6 Å². The van der Waals surface area contributed by atoms with E-state index in [-0.39, 0.29) is 12.2 Å². The number of hydrogen-bond acceptors (Lipinski definition) is 7. The molecule has 218 valence electrons. The maximum Gasteiger partial charge on any atom is 0.451 e. The molecule has 8 nitrogen and oxygen atoms in total. The number of hydrogen-bond donors (Lipinski definition) is 0. The van der Waals surface area contributed by atoms with Gasteiger partial charge in [0.15, 0.2) is 9.84 Å². The number of nitrogens with zero attached hydrogens (tertiary/aromatic N) is 4. The summed E-state index contributed by atoms with van der Waals surface area (Å²) in [6.45, 7) is 0.420. The molecule has 6 rings (SSSR count). The van der Waals surface area contributed by atoms with Crippen LogP contribution < -0.4 is 4.90 Å². The third-order valence-electron chi connectivity index (χ3n) is 7.13. The first kappa shape index (κ1) is 28.6. The summed E-state index contributed by atoms with van der Waals surface area (Å²) in [7, 11) is -4.26. The van der Waals surface area contributed by atoms with E-state index in [9.17, 15) is 35.2 Å². The molecule has 15 heteroatoms. The molecule has 42 heavy (non-hydrogen) atoms. The highest BCUT2D eigenvalue weighted by molar-refractivity contribution is 9.10. The zero-order valence-electron chi connectivity index (χ0n) is 21.3. The second-order valence-corrected chi connectivity index (χ2v) is 12.6. The average molecular weight is 669 g/mol. The molecule has 1 amide bonds. The van der Waals surface area contributed by atoms with Gasteiger partial charge in [-0.15, -0.1) is 0 Å². The number of aromatic nitrogens is 3. The highest BCUT2D eigenvalue weighted by Gasteiger charge is 2.45. The molecule has 4 aromatic rings. The first-order chi connectivity index (χ1) is 19.8. The summed E-state index contributed by atoms with van der Waals surface area (Å²) in [6, 6.07) is 8.47. The van der Waals surface area contributed by atoms with E-state index in [1.807, 2.05) is 0 Å². The largest absolute Gasteiger partial charge is 0.451 e. The molecule has 2 aromatic carbocycles. The molecule has 2 aliphatic rings. The Balaban J connectivity index is 1.49. The molecule has 2 aromatic heterocycles. The number of ether oxygens (including phenoxy) is 1. The Labute approximate surface area is 243 Å². The number of anilines is 1. The van der Waals surface area contributed by atoms with Crippen molar-refractivity contribution < 1.29 is 39.9 Å². The van der Waals surface area contributed by atoms with Crippen molar-refractivity contribution in [2.24, 2.45) is 0 Å². The summed E-state index contributed by atoms with van der Waals surface area (Å²) in [4.78, 5) is 25.0. The zero-order valence-corrected chi connectivity index (χ0v) is 23.7. The van der Waals surface area contributed by atoms with Crippen LogP contribution in [0.25, 0.3) is 10.9 Å². The van der Waals surface area contributed by atoms with Crippen molar-refractivity contribution in [2.75, 3.05) is 10.7 Å². The Hall–Kier alpha value is -3.56. The number of sulfone groups is 1. The summed E-state index contributed by atoms with van der Waals surface area (Å²) < 4.78 is 101. The van der Waals surface area contributed by atoms with Crippen molar-refractivity contribution in [3.63, 3.8) is 0 Å². The van der Waals surface area contributed by atoms with Gasteiger partial charge in [0.05, 0.1) is 47.2 Å². The fraction of sp³-hybridized carbons (Fsp3) is 0.259. The lowest BCUT2D eigenvalue weighted by Crippen LogP contribution is -2.35. The normalized spacial score (nSPS) is 17.1. The van der Waals surface area contributed by atoms with Crippen molar-refractivity contribution in [1.82, 2.24) is 15.0 Å². The maximum atomic E-state index is 14.9. The minimum atomic E-state index is -4.86. The summed E-state index contributed by atoms with van der Waals surface area (Å²) in [5, 5.41) is 0.794. The van der Waals surface area contributed by atoms with Crippen molar-refractivity contribution in [2.45, 2.75) is 43.2 Å². The van der Waals surface area contributed by atoms with E-state index in [2.05, 4.69) is 30.9 Å². The number of benzene rings is 2. The zero-order chi connectivity index (χ0) is 30.0. The predicted octanol–water partition coefficient (Wildman–Crippen LogP) is 5.95. The number of amides is 1. The van der Waals surface area contributed by atoms with E-state index in [1.54, 1.807) is 18.2 Å². The first-order valence-electron chi connectivity index (χ1n) is 12.4. The van der Waals surface area contributed by atoms with E-state index in [0.717, 1.165) is 27.5 Å². The van der Waals surface area contributed by atoms with Gasteiger partial charge in [0, 0.05) is 35.3 Å². The van der Waals surface area contributed by atoms with Gasteiger partial charge in [-0.05, 0) is 39.2 Å². The molecule has 2 aliphatic heterocycles. The second kappa shape index (κ2) is 10.0. The van der Waals surface area contributed by atoms with Gasteiger partial charge in [-0.1, -0.05) is 24.3 Å². The Morgan fingerprint density at radius 1 is 1.07 bits per heavy atom. The Bertz CT molecular complexity index is 1870. The Kier molecular flexibility index (Phi) is 6.81. The molecule has 0 fully saturated rings. The van der Waals surface area contributed by atoms with Crippen molar-refractivity contribution in [1.29, 1.82) is 0 Å². The highest BCUT2D eigenvalue weighted by atomic mass is 79.9. The Morgan fingerprint density at radius 2 is 1.79 bits per heavy atom. The van der Waals surface area contributed by atoms with Crippen molar-refractivity contribution >= 4 is 48.3 Å². The number of rotatable bonds is 4. The van der Waals surface area contributed by atoms with Crippen LogP contribution in [0, 0.1) is 0 Å². The van der Waals surface area contributed by atoms with Crippen LogP contribution in [0.15, 0.2) is 58.3 Å². The standard InChI is InChI=1S/C27H18BrF5N4O4S/c28-23-18-13-41-12-17(18)16-5-4-14(8-20(16)36-23)11-37(24(38)15-9-34-25(35-10-15)27(31,32)33)21-3-1-2-19-22(21)42(39,40)7-6-26(19,29)30/h1-5,8-10H,6-7,11-13H2. The van der Waals surface area contributed by atoms with Crippen molar-refractivity contribution in [3.05, 3.63) is 87.0 Å². The molecule has 0 saturated carbocycles. The van der Waals surface area contributed by atoms with Crippen LogP contribution in [-0.2, 0) is 46.4 Å². The lowest BCUT2D eigenvalue weighted by Gasteiger charge is -2.31. The minimum Gasteiger partial charge on any atom is -0.372 e. The third-order valence-corrected chi connectivity index (χ3v) is 9.57. The predicted molar refractivity (Wildman–Crippen MR) is 142 cm³/mol. The molecule has 0 N–H and O–H groups in total. The van der Waals surface area contributed by atoms with Gasteiger partial charge >= 0.3 is 6.18 Å². The van der Waals surface area contributed by atoms with Crippen LogP contribution in [0.2, 0.25) is 0 Å². The van der Waals surface area contributed by atoms with Gasteiger partial charge < -0.3 is 9.64 Å². The van der Waals surface area contributed by atoms with Gasteiger partial charge in [-0.2, -0.15) is 13.2 Å². The molecule has 0 bridgehead atoms. The number of pyridine rings is 1. The topological polar surface area (TPSA) is 102 Å². The van der Waals surface area contributed by atoms with E-state index in [4.69, 9.17) is 4.74 Å². The monoisotopic (exact) mass is 668 g/mol. The fourth-order valence-electron chi connectivity index (χ4n) is 5.09. The molecule has 0 aliphatic carbocycles. The average Bonchev–Trinajstić information content (AvgIpc) is 3.44. The summed E-state index contributed by atoms with van der Waals surface area (Å²) >= 11 is 3.43. The van der Waals surface area contributed by atoms with Gasteiger partial charge in [-0.3, -0.25) is 4.79 Å². The minimum absolute atomic E-state index is 0.333. The van der Waals surface area contributed by atoms with Crippen LogP contribution in [0.1, 0.15) is 44.9 Å².